The zero-order chi connectivity index (χ0) is 35.6. The molecule has 0 spiro atoms. The summed E-state index contributed by atoms with van der Waals surface area (Å²) < 4.78 is 0. The number of urea groups is 1. The van der Waals surface area contributed by atoms with Crippen molar-refractivity contribution in [2.45, 2.75) is 150 Å². The van der Waals surface area contributed by atoms with E-state index in [1.165, 1.54) is 0 Å². The molecule has 0 aromatic heterocycles. The highest BCUT2D eigenvalue weighted by Gasteiger charge is 2.43. The smallest absolute Gasteiger partial charge is 0.315 e. The van der Waals surface area contributed by atoms with E-state index in [0.717, 1.165) is 44.9 Å². The summed E-state index contributed by atoms with van der Waals surface area (Å²) in [6.07, 6.45) is 8.96. The topological polar surface area (TPSA) is 157 Å². The molecule has 0 aromatic carbocycles. The molecule has 0 aromatic rings. The largest absolute Gasteiger partial charge is 0.350 e. The third kappa shape index (κ3) is 11.2. The molecule has 3 rings (SSSR count). The van der Waals surface area contributed by atoms with Crippen molar-refractivity contribution in [3.63, 3.8) is 0 Å². The van der Waals surface area contributed by atoms with Crippen molar-refractivity contribution in [3.8, 4) is 0 Å². The van der Waals surface area contributed by atoms with Crippen molar-refractivity contribution in [2.24, 2.45) is 16.7 Å². The van der Waals surface area contributed by atoms with Crippen LogP contribution in [0.25, 0.3) is 0 Å². The Morgan fingerprint density at radius 2 is 1.56 bits per heavy atom. The van der Waals surface area contributed by atoms with Gasteiger partial charge in [0.2, 0.25) is 23.5 Å². The van der Waals surface area contributed by atoms with E-state index in [0.29, 0.717) is 58.3 Å². The molecule has 0 bridgehead atoms. The van der Waals surface area contributed by atoms with Crippen LogP contribution in [0.15, 0.2) is 0 Å². The summed E-state index contributed by atoms with van der Waals surface area (Å²) in [5.74, 6) is -2.25. The van der Waals surface area contributed by atoms with E-state index in [4.69, 9.17) is 0 Å². The first-order valence-corrected chi connectivity index (χ1v) is 18.3. The molecular formula is C36H62N6O6. The Morgan fingerprint density at radius 1 is 0.938 bits per heavy atom. The monoisotopic (exact) mass is 674 g/mol. The fraction of sp³-hybridized carbons (Fsp3) is 0.833. The fourth-order valence-corrected chi connectivity index (χ4v) is 7.04. The molecule has 3 heterocycles. The number of ketones is 1. The predicted octanol–water partition coefficient (Wildman–Crippen LogP) is 3.67. The van der Waals surface area contributed by atoms with Gasteiger partial charge in [-0.2, -0.15) is 0 Å². The average Bonchev–Trinajstić information content (AvgIpc) is 3.39. The van der Waals surface area contributed by atoms with Crippen molar-refractivity contribution in [2.75, 3.05) is 26.2 Å². The van der Waals surface area contributed by atoms with Gasteiger partial charge in [0.1, 0.15) is 12.1 Å². The number of nitrogens with one attached hydrogen (secondary N) is 4. The summed E-state index contributed by atoms with van der Waals surface area (Å²) in [6, 6.07) is -3.46. The van der Waals surface area contributed by atoms with Crippen LogP contribution < -0.4 is 21.3 Å². The first-order chi connectivity index (χ1) is 22.5. The predicted molar refractivity (Wildman–Crippen MR) is 185 cm³/mol. The minimum absolute atomic E-state index is 0.0396. The number of Topliss-reactive ketones (excluding diaryl/α,β-unsaturated/α-hetero) is 1. The van der Waals surface area contributed by atoms with Crippen LogP contribution >= 0.6 is 0 Å². The zero-order valence-electron chi connectivity index (χ0n) is 30.5. The Hall–Kier alpha value is -3.18. The van der Waals surface area contributed by atoms with Gasteiger partial charge in [0.05, 0.1) is 12.1 Å². The Balaban J connectivity index is 1.79. The maximum absolute atomic E-state index is 14.2. The molecule has 4 N–H and O–H groups in total. The van der Waals surface area contributed by atoms with Crippen LogP contribution in [0.5, 0.6) is 0 Å². The number of piperidine rings is 1. The lowest BCUT2D eigenvalue weighted by Gasteiger charge is -2.41. The third-order valence-corrected chi connectivity index (χ3v) is 10.3. The lowest BCUT2D eigenvalue weighted by molar-refractivity contribution is -0.143. The van der Waals surface area contributed by atoms with Crippen LogP contribution in [0.3, 0.4) is 0 Å². The summed E-state index contributed by atoms with van der Waals surface area (Å²) in [5, 5.41) is 11.4. The summed E-state index contributed by atoms with van der Waals surface area (Å²) >= 11 is 0. The number of carbonyl (C=O) groups is 6. The quantitative estimate of drug-likeness (QED) is 0.302. The van der Waals surface area contributed by atoms with Gasteiger partial charge in [0, 0.05) is 32.6 Å². The van der Waals surface area contributed by atoms with Crippen LogP contribution in [-0.2, 0) is 24.0 Å². The van der Waals surface area contributed by atoms with Crippen LogP contribution in [0.2, 0.25) is 0 Å². The van der Waals surface area contributed by atoms with Gasteiger partial charge in [-0.3, -0.25) is 24.0 Å². The maximum atomic E-state index is 14.2. The van der Waals surface area contributed by atoms with Gasteiger partial charge in [0.15, 0.2) is 0 Å². The van der Waals surface area contributed by atoms with Crippen molar-refractivity contribution in [1.82, 2.24) is 31.1 Å². The zero-order valence-corrected chi connectivity index (χ0v) is 30.5. The molecule has 3 fully saturated rings. The molecule has 272 valence electrons. The number of hydrogen-bond donors (Lipinski definition) is 4. The fourth-order valence-electron chi connectivity index (χ4n) is 7.04. The first kappa shape index (κ1) is 39.3. The first-order valence-electron chi connectivity index (χ1n) is 18.3. The summed E-state index contributed by atoms with van der Waals surface area (Å²) in [6.45, 7) is 15.6. The highest BCUT2D eigenvalue weighted by molar-refractivity contribution is 6.38. The summed E-state index contributed by atoms with van der Waals surface area (Å²) in [7, 11) is 0. The van der Waals surface area contributed by atoms with E-state index >= 15 is 0 Å². The minimum atomic E-state index is -0.964. The van der Waals surface area contributed by atoms with Crippen molar-refractivity contribution in [3.05, 3.63) is 0 Å². The maximum Gasteiger partial charge on any atom is 0.315 e. The molecule has 12 heteroatoms. The van der Waals surface area contributed by atoms with Gasteiger partial charge in [0.25, 0.3) is 5.91 Å². The molecule has 0 saturated carbocycles. The van der Waals surface area contributed by atoms with Gasteiger partial charge in [-0.25, -0.2) is 4.79 Å². The number of nitrogens with zero attached hydrogens (tertiary/aromatic N) is 2. The Kier molecular flexibility index (Phi) is 14.3. The molecule has 12 nitrogen and oxygen atoms in total. The number of amides is 6. The summed E-state index contributed by atoms with van der Waals surface area (Å²) in [4.78, 5) is 83.3. The van der Waals surface area contributed by atoms with E-state index in [1.54, 1.807) is 11.8 Å². The number of hydrogen-bond acceptors (Lipinski definition) is 6. The van der Waals surface area contributed by atoms with E-state index in [-0.39, 0.29) is 34.6 Å². The standard InChI is InChI=1S/C36H62N6O6/c1-8-37-32(46)30(44)25-16-14-12-10-9-11-13-15-17-26(33(47)42-20-18-24(2)29(42)31(45)38-25)39-34(48)40-27(35(3,4)5)23-41-21-19-36(6,7)22-28(41)43/h24-27,29H,8-23H2,1-7H3,(H,37,46)(H,38,45)(H2,39,40,48)/t24-,25-,26-,27+,29?/m0/s1. The van der Waals surface area contributed by atoms with Gasteiger partial charge in [-0.1, -0.05) is 86.5 Å². The Bertz CT molecular complexity index is 1170. The van der Waals surface area contributed by atoms with Gasteiger partial charge < -0.3 is 31.1 Å². The van der Waals surface area contributed by atoms with E-state index in [2.05, 4.69) is 35.1 Å². The average molecular weight is 675 g/mol. The number of likely N-dealkylation sites (tertiary alicyclic amines) is 1. The van der Waals surface area contributed by atoms with E-state index < -0.39 is 41.8 Å². The van der Waals surface area contributed by atoms with Crippen molar-refractivity contribution in [1.29, 1.82) is 0 Å². The second-order valence-electron chi connectivity index (χ2n) is 16.1. The lowest BCUT2D eigenvalue weighted by Crippen LogP contribution is -2.60. The van der Waals surface area contributed by atoms with E-state index in [9.17, 15) is 28.8 Å². The molecule has 0 radical (unpaired) electrons. The van der Waals surface area contributed by atoms with Crippen LogP contribution in [0.1, 0.15) is 126 Å². The normalized spacial score (nSPS) is 27.0. The number of rotatable bonds is 7. The molecule has 5 atom stereocenters. The molecular weight excluding hydrogens is 612 g/mol. The van der Waals surface area contributed by atoms with Crippen LogP contribution in [0.4, 0.5) is 4.79 Å². The second-order valence-corrected chi connectivity index (χ2v) is 16.1. The lowest BCUT2D eigenvalue weighted by atomic mass is 9.81. The Morgan fingerprint density at radius 3 is 2.17 bits per heavy atom. The van der Waals surface area contributed by atoms with Gasteiger partial charge in [-0.05, 0) is 49.4 Å². The van der Waals surface area contributed by atoms with E-state index in [1.807, 2.05) is 32.6 Å². The van der Waals surface area contributed by atoms with Crippen molar-refractivity contribution < 1.29 is 28.8 Å². The number of likely N-dealkylation sites (N-methyl/N-ethyl adjacent to an activating group) is 1. The SMILES string of the molecule is CCNC(=O)C(=O)[C@@H]1CCCCCCCCC[C@H](NC(=O)N[C@H](CN2CCC(C)(C)CC2=O)C(C)(C)C)C(=O)N2CC[C@H](C)C2C(=O)N1. The van der Waals surface area contributed by atoms with Crippen molar-refractivity contribution >= 4 is 35.4 Å². The molecule has 48 heavy (non-hydrogen) atoms. The molecule has 3 aliphatic rings. The van der Waals surface area contributed by atoms with Gasteiger partial charge in [-0.15, -0.1) is 0 Å². The second kappa shape index (κ2) is 17.5. The van der Waals surface area contributed by atoms with Crippen LogP contribution in [0, 0.1) is 16.7 Å². The Labute approximate surface area is 287 Å². The molecule has 3 saturated heterocycles. The minimum Gasteiger partial charge on any atom is -0.350 e. The highest BCUT2D eigenvalue weighted by Crippen LogP contribution is 2.32. The molecule has 6 amide bonds. The molecule has 3 aliphatic heterocycles. The molecule has 0 aliphatic carbocycles. The highest BCUT2D eigenvalue weighted by atomic mass is 16.2. The number of carbonyl (C=O) groups excluding carboxylic acids is 6. The third-order valence-electron chi connectivity index (χ3n) is 10.3. The number of fused-ring (bicyclic) bond motifs is 1. The van der Waals surface area contributed by atoms with Gasteiger partial charge >= 0.3 is 6.03 Å². The summed E-state index contributed by atoms with van der Waals surface area (Å²) in [5.41, 5.74) is -0.396. The van der Waals surface area contributed by atoms with Crippen LogP contribution in [-0.4, -0.2) is 95.6 Å². The molecule has 1 unspecified atom stereocenters.